The molecule has 23 heavy (non-hydrogen) atoms. The smallest absolute Gasteiger partial charge is 0.239 e. The van der Waals surface area contributed by atoms with Gasteiger partial charge in [0.25, 0.3) is 0 Å². The van der Waals surface area contributed by atoms with Crippen molar-refractivity contribution in [1.29, 1.82) is 0 Å². The molecule has 1 aliphatic heterocycles. The van der Waals surface area contributed by atoms with Gasteiger partial charge in [0.2, 0.25) is 5.91 Å². The summed E-state index contributed by atoms with van der Waals surface area (Å²) in [6.07, 6.45) is 8.56. The van der Waals surface area contributed by atoms with Crippen LogP contribution in [0.15, 0.2) is 0 Å². The molecule has 0 radical (unpaired) electrons. The highest BCUT2D eigenvalue weighted by atomic mass is 16.2. The number of nitrogens with zero attached hydrogens (tertiary/aromatic N) is 4. The number of aromatic nitrogens is 3. The monoisotopic (exact) mass is 317 g/mol. The maximum Gasteiger partial charge on any atom is 0.239 e. The van der Waals surface area contributed by atoms with E-state index in [0.29, 0.717) is 24.4 Å². The van der Waals surface area contributed by atoms with Crippen LogP contribution in [0.3, 0.4) is 0 Å². The number of nitrogens with one attached hydrogen (secondary N) is 1. The average Bonchev–Trinajstić information content (AvgIpc) is 3.20. The van der Waals surface area contributed by atoms with Crippen LogP contribution in [0.5, 0.6) is 0 Å². The predicted octanol–water partition coefficient (Wildman–Crippen LogP) is 1.57. The van der Waals surface area contributed by atoms with Crippen molar-refractivity contribution < 1.29 is 4.79 Å². The molecule has 0 spiro atoms. The molecule has 0 aromatic carbocycles. The van der Waals surface area contributed by atoms with Crippen LogP contribution < -0.4 is 5.32 Å². The zero-order chi connectivity index (χ0) is 16.0. The number of hydrogen-bond acceptors (Lipinski definition) is 4. The van der Waals surface area contributed by atoms with Crippen LogP contribution in [0.4, 0.5) is 0 Å². The first-order valence-corrected chi connectivity index (χ1v) is 9.02. The Labute approximate surface area is 137 Å². The molecule has 3 fully saturated rings. The Morgan fingerprint density at radius 2 is 2.04 bits per heavy atom. The summed E-state index contributed by atoms with van der Waals surface area (Å²) in [6, 6.07) is 0.548. The van der Waals surface area contributed by atoms with E-state index in [2.05, 4.69) is 20.1 Å². The van der Waals surface area contributed by atoms with E-state index in [1.807, 2.05) is 19.0 Å². The molecule has 0 bridgehead atoms. The molecule has 6 nitrogen and oxygen atoms in total. The molecule has 1 aromatic heterocycles. The Kier molecular flexibility index (Phi) is 3.87. The lowest BCUT2D eigenvalue weighted by Gasteiger charge is -2.24. The molecule has 126 valence electrons. The van der Waals surface area contributed by atoms with Gasteiger partial charge in [-0.05, 0) is 38.0 Å². The normalized spacial score (nSPS) is 30.3. The highest BCUT2D eigenvalue weighted by molar-refractivity contribution is 5.82. The van der Waals surface area contributed by atoms with E-state index in [4.69, 9.17) is 0 Å². The largest absolute Gasteiger partial charge is 0.337 e. The van der Waals surface area contributed by atoms with Gasteiger partial charge in [0.05, 0.1) is 12.6 Å². The molecule has 2 aliphatic carbocycles. The minimum absolute atomic E-state index is 0.00997. The predicted molar refractivity (Wildman–Crippen MR) is 86.7 cm³/mol. The van der Waals surface area contributed by atoms with Crippen LogP contribution in [-0.2, 0) is 18.4 Å². The topological polar surface area (TPSA) is 63.1 Å². The van der Waals surface area contributed by atoms with Crippen molar-refractivity contribution in [2.45, 2.75) is 69.5 Å². The van der Waals surface area contributed by atoms with Crippen molar-refractivity contribution in [2.75, 3.05) is 7.05 Å². The standard InChI is InChI=1S/C17H27N5O/c1-21(10-15-19-20-16(22(15)2)11-7-8-11)17(23)14-9-12-5-3-4-6-13(12)18-14/h11-14,18H,3-10H2,1-2H3/t12-,13-,14-/m0/s1. The van der Waals surface area contributed by atoms with Gasteiger partial charge in [-0.25, -0.2) is 0 Å². The summed E-state index contributed by atoms with van der Waals surface area (Å²) in [5.74, 6) is 3.45. The molecule has 3 atom stereocenters. The van der Waals surface area contributed by atoms with Crippen molar-refractivity contribution in [1.82, 2.24) is 25.0 Å². The summed E-state index contributed by atoms with van der Waals surface area (Å²) in [5, 5.41) is 12.2. The van der Waals surface area contributed by atoms with E-state index in [-0.39, 0.29) is 11.9 Å². The van der Waals surface area contributed by atoms with Crippen LogP contribution >= 0.6 is 0 Å². The van der Waals surface area contributed by atoms with Gasteiger partial charge < -0.3 is 14.8 Å². The third-order valence-electron chi connectivity index (χ3n) is 5.86. The Balaban J connectivity index is 1.38. The number of likely N-dealkylation sites (N-methyl/N-ethyl adjacent to an activating group) is 1. The Morgan fingerprint density at radius 1 is 1.26 bits per heavy atom. The molecule has 2 heterocycles. The average molecular weight is 317 g/mol. The summed E-state index contributed by atoms with van der Waals surface area (Å²) < 4.78 is 2.07. The van der Waals surface area contributed by atoms with E-state index < -0.39 is 0 Å². The van der Waals surface area contributed by atoms with E-state index >= 15 is 0 Å². The first kappa shape index (κ1) is 15.1. The second-order valence-corrected chi connectivity index (χ2v) is 7.61. The number of carbonyl (C=O) groups is 1. The first-order valence-electron chi connectivity index (χ1n) is 9.02. The van der Waals surface area contributed by atoms with E-state index in [1.165, 1.54) is 38.5 Å². The van der Waals surface area contributed by atoms with Gasteiger partial charge in [-0.2, -0.15) is 0 Å². The van der Waals surface area contributed by atoms with Crippen LogP contribution in [0.1, 0.15) is 62.5 Å². The number of hydrogen-bond donors (Lipinski definition) is 1. The second kappa shape index (κ2) is 5.89. The van der Waals surface area contributed by atoms with Gasteiger partial charge in [-0.1, -0.05) is 12.8 Å². The number of amides is 1. The summed E-state index contributed by atoms with van der Waals surface area (Å²) in [7, 11) is 3.90. The maximum atomic E-state index is 12.8. The molecule has 3 aliphatic rings. The molecule has 1 aromatic rings. The fourth-order valence-electron chi connectivity index (χ4n) is 4.28. The third-order valence-corrected chi connectivity index (χ3v) is 5.86. The van der Waals surface area contributed by atoms with Crippen molar-refractivity contribution in [3.63, 3.8) is 0 Å². The van der Waals surface area contributed by atoms with E-state index in [1.54, 1.807) is 0 Å². The van der Waals surface area contributed by atoms with Crippen molar-refractivity contribution in [2.24, 2.45) is 13.0 Å². The van der Waals surface area contributed by atoms with E-state index in [9.17, 15) is 4.79 Å². The maximum absolute atomic E-state index is 12.8. The Bertz CT molecular complexity index is 580. The minimum Gasteiger partial charge on any atom is -0.337 e. The Morgan fingerprint density at radius 3 is 2.78 bits per heavy atom. The molecule has 1 saturated heterocycles. The second-order valence-electron chi connectivity index (χ2n) is 7.61. The van der Waals surface area contributed by atoms with Crippen LogP contribution in [-0.4, -0.2) is 44.7 Å². The molecule has 0 unspecified atom stereocenters. The number of carbonyl (C=O) groups excluding carboxylic acids is 1. The SMILES string of the molecule is CN(Cc1nnc(C2CC2)n1C)C(=O)[C@@H]1C[C@@H]2CCCC[C@@H]2N1. The van der Waals surface area contributed by atoms with Crippen molar-refractivity contribution >= 4 is 5.91 Å². The molecular weight excluding hydrogens is 290 g/mol. The van der Waals surface area contributed by atoms with Crippen molar-refractivity contribution in [3.05, 3.63) is 11.6 Å². The highest BCUT2D eigenvalue weighted by Crippen LogP contribution is 2.39. The summed E-state index contributed by atoms with van der Waals surface area (Å²) in [5.41, 5.74) is 0. The summed E-state index contributed by atoms with van der Waals surface area (Å²) in [4.78, 5) is 14.6. The number of rotatable bonds is 4. The van der Waals surface area contributed by atoms with Crippen LogP contribution in [0.2, 0.25) is 0 Å². The van der Waals surface area contributed by atoms with Gasteiger partial charge in [-0.3, -0.25) is 4.79 Å². The van der Waals surface area contributed by atoms with Gasteiger partial charge in [0.15, 0.2) is 5.82 Å². The highest BCUT2D eigenvalue weighted by Gasteiger charge is 2.39. The molecule has 1 amide bonds. The zero-order valence-corrected chi connectivity index (χ0v) is 14.2. The lowest BCUT2D eigenvalue weighted by Crippen LogP contribution is -2.44. The lowest BCUT2D eigenvalue weighted by molar-refractivity contribution is -0.132. The Hall–Kier alpha value is -1.43. The third kappa shape index (κ3) is 2.89. The summed E-state index contributed by atoms with van der Waals surface area (Å²) in [6.45, 7) is 0.544. The fourth-order valence-corrected chi connectivity index (χ4v) is 4.28. The van der Waals surface area contributed by atoms with E-state index in [0.717, 1.165) is 18.1 Å². The zero-order valence-electron chi connectivity index (χ0n) is 14.2. The van der Waals surface area contributed by atoms with Gasteiger partial charge >= 0.3 is 0 Å². The summed E-state index contributed by atoms with van der Waals surface area (Å²) >= 11 is 0. The van der Waals surface area contributed by atoms with Gasteiger partial charge in [0.1, 0.15) is 5.82 Å². The fraction of sp³-hybridized carbons (Fsp3) is 0.824. The van der Waals surface area contributed by atoms with Crippen molar-refractivity contribution in [3.8, 4) is 0 Å². The molecular formula is C17H27N5O. The van der Waals surface area contributed by atoms with Gasteiger partial charge in [0, 0.05) is 26.1 Å². The molecule has 4 rings (SSSR count). The molecule has 6 heteroatoms. The quantitative estimate of drug-likeness (QED) is 0.915. The lowest BCUT2D eigenvalue weighted by atomic mass is 9.85. The molecule has 1 N–H and O–H groups in total. The number of fused-ring (bicyclic) bond motifs is 1. The van der Waals surface area contributed by atoms with Gasteiger partial charge in [-0.15, -0.1) is 10.2 Å². The molecule has 2 saturated carbocycles. The minimum atomic E-state index is -0.00997. The van der Waals surface area contributed by atoms with Crippen LogP contribution in [0, 0.1) is 5.92 Å². The van der Waals surface area contributed by atoms with Crippen LogP contribution in [0.25, 0.3) is 0 Å². The first-order chi connectivity index (χ1) is 11.1.